The molecule has 1 fully saturated rings. The predicted molar refractivity (Wildman–Crippen MR) is 103 cm³/mol. The molecule has 0 bridgehead atoms. The molecule has 0 aromatic carbocycles. The van der Waals surface area contributed by atoms with Crippen molar-refractivity contribution in [1.29, 1.82) is 0 Å². The molecule has 8 heteroatoms. The summed E-state index contributed by atoms with van der Waals surface area (Å²) in [5.41, 5.74) is 0.100. The van der Waals surface area contributed by atoms with Gasteiger partial charge in [-0.2, -0.15) is 4.98 Å². The lowest BCUT2D eigenvalue weighted by Crippen LogP contribution is -2.48. The number of amides is 1. The second kappa shape index (κ2) is 7.46. The average Bonchev–Trinajstić information content (AvgIpc) is 2.97. The summed E-state index contributed by atoms with van der Waals surface area (Å²) < 4.78 is 7.31. The normalized spacial score (nSPS) is 16.9. The molecule has 2 aromatic rings. The summed E-state index contributed by atoms with van der Waals surface area (Å²) >= 11 is 6.01. The summed E-state index contributed by atoms with van der Waals surface area (Å²) in [6, 6.07) is 1.77. The van der Waals surface area contributed by atoms with Gasteiger partial charge in [-0.05, 0) is 51.3 Å². The first-order chi connectivity index (χ1) is 12.7. The summed E-state index contributed by atoms with van der Waals surface area (Å²) in [6.07, 6.45) is 6.76. The largest absolute Gasteiger partial charge is 0.444 e. The second-order valence-corrected chi connectivity index (χ2v) is 8.42. The molecule has 0 spiro atoms. The van der Waals surface area contributed by atoms with Crippen LogP contribution < -0.4 is 5.32 Å². The third-order valence-electron chi connectivity index (χ3n) is 4.88. The maximum absolute atomic E-state index is 12.2. The summed E-state index contributed by atoms with van der Waals surface area (Å²) in [4.78, 5) is 32.4. The van der Waals surface area contributed by atoms with E-state index in [2.05, 4.69) is 15.3 Å². The number of carbonyl (C=O) groups is 2. The van der Waals surface area contributed by atoms with Crippen molar-refractivity contribution in [3.8, 4) is 0 Å². The number of aromatic nitrogens is 3. The molecule has 1 amide bonds. The van der Waals surface area contributed by atoms with Gasteiger partial charge in [0.25, 0.3) is 0 Å². The highest BCUT2D eigenvalue weighted by atomic mass is 35.5. The topological polar surface area (TPSA) is 86.1 Å². The maximum atomic E-state index is 12.2. The number of hydrogen-bond acceptors (Lipinski definition) is 5. The average molecular weight is 393 g/mol. The number of nitrogens with one attached hydrogen (secondary N) is 1. The number of ether oxygens (including phenoxy) is 1. The van der Waals surface area contributed by atoms with Crippen LogP contribution in [0.4, 0.5) is 4.79 Å². The maximum Gasteiger partial charge on any atom is 0.407 e. The van der Waals surface area contributed by atoms with Crippen molar-refractivity contribution >= 4 is 35.0 Å². The minimum atomic E-state index is -0.571. The Hall–Kier alpha value is -2.15. The lowest BCUT2D eigenvalue weighted by molar-refractivity contribution is 0.0488. The van der Waals surface area contributed by atoms with Gasteiger partial charge >= 0.3 is 6.09 Å². The highest BCUT2D eigenvalue weighted by molar-refractivity contribution is 6.28. The molecular weight excluding hydrogens is 368 g/mol. The third kappa shape index (κ3) is 4.24. The quantitative estimate of drug-likeness (QED) is 0.625. The lowest BCUT2D eigenvalue weighted by Gasteiger charge is -2.40. The molecule has 27 heavy (non-hydrogen) atoms. The number of carbonyl (C=O) groups excluding carboxylic acids is 2. The molecule has 1 saturated carbocycles. The molecule has 7 nitrogen and oxygen atoms in total. The Morgan fingerprint density at radius 3 is 2.70 bits per heavy atom. The molecule has 0 radical (unpaired) electrons. The van der Waals surface area contributed by atoms with E-state index in [9.17, 15) is 9.59 Å². The highest BCUT2D eigenvalue weighted by Gasteiger charge is 2.37. The third-order valence-corrected chi connectivity index (χ3v) is 5.06. The van der Waals surface area contributed by atoms with Crippen LogP contribution in [0, 0.1) is 0 Å². The minimum Gasteiger partial charge on any atom is -0.444 e. The van der Waals surface area contributed by atoms with Crippen molar-refractivity contribution in [2.75, 3.05) is 6.54 Å². The van der Waals surface area contributed by atoms with Gasteiger partial charge in [0.15, 0.2) is 6.29 Å². The Labute approximate surface area is 163 Å². The molecule has 1 aliphatic rings. The molecule has 146 valence electrons. The van der Waals surface area contributed by atoms with Crippen LogP contribution in [0.15, 0.2) is 12.3 Å². The van der Waals surface area contributed by atoms with Gasteiger partial charge < -0.3 is 14.6 Å². The van der Waals surface area contributed by atoms with Crippen LogP contribution in [0.3, 0.4) is 0 Å². The van der Waals surface area contributed by atoms with Crippen LogP contribution in [0.5, 0.6) is 0 Å². The Kier molecular flexibility index (Phi) is 5.42. The number of fused-ring (bicyclic) bond motifs is 1. The van der Waals surface area contributed by atoms with E-state index in [1.54, 1.807) is 12.3 Å². The van der Waals surface area contributed by atoms with Crippen molar-refractivity contribution in [1.82, 2.24) is 19.9 Å². The molecular formula is C19H25ClN4O3. The Bertz CT molecular complexity index is 850. The number of hydrogen-bond donors (Lipinski definition) is 1. The zero-order chi connectivity index (χ0) is 19.7. The van der Waals surface area contributed by atoms with Gasteiger partial charge in [-0.15, -0.1) is 0 Å². The highest BCUT2D eigenvalue weighted by Crippen LogP contribution is 2.38. The van der Waals surface area contributed by atoms with Gasteiger partial charge in [0, 0.05) is 18.1 Å². The summed E-state index contributed by atoms with van der Waals surface area (Å²) in [7, 11) is 0. The van der Waals surface area contributed by atoms with Crippen molar-refractivity contribution in [3.63, 3.8) is 0 Å². The molecule has 0 unspecified atom stereocenters. The van der Waals surface area contributed by atoms with Gasteiger partial charge in [0.05, 0.1) is 11.2 Å². The number of aldehydes is 1. The van der Waals surface area contributed by atoms with Crippen LogP contribution in [-0.4, -0.2) is 39.1 Å². The monoisotopic (exact) mass is 392 g/mol. The van der Waals surface area contributed by atoms with Gasteiger partial charge in [-0.3, -0.25) is 4.79 Å². The zero-order valence-electron chi connectivity index (χ0n) is 15.9. The van der Waals surface area contributed by atoms with E-state index < -0.39 is 17.2 Å². The fourth-order valence-corrected chi connectivity index (χ4v) is 3.94. The number of alkyl carbamates (subject to hydrolysis) is 1. The van der Waals surface area contributed by atoms with Gasteiger partial charge in [0.1, 0.15) is 11.2 Å². The molecule has 0 saturated heterocycles. The molecule has 0 atom stereocenters. The van der Waals surface area contributed by atoms with Crippen LogP contribution >= 0.6 is 11.6 Å². The zero-order valence-corrected chi connectivity index (χ0v) is 16.7. The standard InChI is InChI=1S/C19H25ClN4O3/c1-18(2,3)27-17(26)22-12-19(7-5-4-6-8-19)24-14(11-25)9-13-10-21-16(20)23-15(13)24/h9-11H,4-8,12H2,1-3H3,(H,22,26). The first-order valence-electron chi connectivity index (χ1n) is 9.21. The SMILES string of the molecule is CC(C)(C)OC(=O)NCC1(n2c(C=O)cc3cnc(Cl)nc32)CCCCC1. The Morgan fingerprint density at radius 2 is 2.07 bits per heavy atom. The van der Waals surface area contributed by atoms with Gasteiger partial charge in [0.2, 0.25) is 5.28 Å². The van der Waals surface area contributed by atoms with E-state index >= 15 is 0 Å². The molecule has 2 aromatic heterocycles. The minimum absolute atomic E-state index is 0.130. The summed E-state index contributed by atoms with van der Waals surface area (Å²) in [6.45, 7) is 5.83. The Balaban J connectivity index is 2.00. The number of halogens is 1. The van der Waals surface area contributed by atoms with Crippen molar-refractivity contribution in [3.05, 3.63) is 23.2 Å². The number of nitrogens with zero attached hydrogens (tertiary/aromatic N) is 3. The smallest absolute Gasteiger partial charge is 0.407 e. The lowest BCUT2D eigenvalue weighted by atomic mass is 9.81. The molecule has 1 N–H and O–H groups in total. The molecule has 0 aliphatic heterocycles. The first kappa shape index (κ1) is 19.6. The fourth-order valence-electron chi connectivity index (χ4n) is 3.81. The molecule has 3 rings (SSSR count). The molecule has 1 aliphatic carbocycles. The van der Waals surface area contributed by atoms with Crippen molar-refractivity contribution < 1.29 is 14.3 Å². The van der Waals surface area contributed by atoms with Crippen LogP contribution in [0.1, 0.15) is 63.4 Å². The fraction of sp³-hybridized carbons (Fsp3) is 0.579. The Morgan fingerprint density at radius 1 is 1.37 bits per heavy atom. The summed E-state index contributed by atoms with van der Waals surface area (Å²) in [5, 5.41) is 3.78. The summed E-state index contributed by atoms with van der Waals surface area (Å²) in [5.74, 6) is 0. The molecule has 2 heterocycles. The predicted octanol–water partition coefficient (Wildman–Crippen LogP) is 4.08. The first-order valence-corrected chi connectivity index (χ1v) is 9.58. The van der Waals surface area contributed by atoms with Gasteiger partial charge in [-0.1, -0.05) is 19.3 Å². The van der Waals surface area contributed by atoms with Crippen molar-refractivity contribution in [2.24, 2.45) is 0 Å². The van der Waals surface area contributed by atoms with Crippen molar-refractivity contribution in [2.45, 2.75) is 64.0 Å². The van der Waals surface area contributed by atoms with E-state index in [1.165, 1.54) is 0 Å². The second-order valence-electron chi connectivity index (χ2n) is 8.08. The van der Waals surface area contributed by atoms with E-state index in [-0.39, 0.29) is 5.28 Å². The van der Waals surface area contributed by atoms with Crippen LogP contribution in [-0.2, 0) is 10.3 Å². The van der Waals surface area contributed by atoms with Crippen LogP contribution in [0.25, 0.3) is 11.0 Å². The van der Waals surface area contributed by atoms with Crippen LogP contribution in [0.2, 0.25) is 5.28 Å². The number of rotatable bonds is 4. The van der Waals surface area contributed by atoms with E-state index in [4.69, 9.17) is 16.3 Å². The van der Waals surface area contributed by atoms with Gasteiger partial charge in [-0.25, -0.2) is 9.78 Å². The van der Waals surface area contributed by atoms with E-state index in [0.717, 1.165) is 43.8 Å². The van der Waals surface area contributed by atoms with E-state index in [1.807, 2.05) is 25.3 Å². The van der Waals surface area contributed by atoms with E-state index in [0.29, 0.717) is 17.9 Å².